The standard InChI is InChI=1S/C29H36FN5O/c1-2-3-7-15-33-16-9-17-34(20-19-33)22-12-13-26-25(21-22)31-28(35(26)18-8-14-30)27-23-10-5-4-6-11-24(23)32-29(27)36/h4-6,10-13,21H,2-3,7-9,14-20H2,1H3,(H,32,36). The van der Waals surface area contributed by atoms with Crippen LogP contribution < -0.4 is 10.5 Å². The van der Waals surface area contributed by atoms with Crippen molar-refractivity contribution in [3.05, 3.63) is 58.9 Å². The van der Waals surface area contributed by atoms with Gasteiger partial charge in [0.15, 0.2) is 0 Å². The molecule has 0 radical (unpaired) electrons. The van der Waals surface area contributed by atoms with Crippen molar-refractivity contribution in [2.75, 3.05) is 44.3 Å². The van der Waals surface area contributed by atoms with E-state index in [0.717, 1.165) is 60.6 Å². The lowest BCUT2D eigenvalue weighted by Gasteiger charge is -2.23. The third-order valence-corrected chi connectivity index (χ3v) is 7.29. The van der Waals surface area contributed by atoms with Gasteiger partial charge in [0, 0.05) is 43.1 Å². The second-order valence-electron chi connectivity index (χ2n) is 9.76. The molecule has 0 saturated carbocycles. The molecule has 1 fully saturated rings. The average molecular weight is 490 g/mol. The van der Waals surface area contributed by atoms with Gasteiger partial charge in [-0.15, -0.1) is 0 Å². The Kier molecular flexibility index (Phi) is 7.66. The van der Waals surface area contributed by atoms with Crippen LogP contribution in [0.15, 0.2) is 53.3 Å². The zero-order chi connectivity index (χ0) is 24.9. The van der Waals surface area contributed by atoms with Crippen molar-refractivity contribution in [3.8, 4) is 22.6 Å². The average Bonchev–Trinajstić information content (AvgIpc) is 3.14. The number of nitrogens with zero attached hydrogens (tertiary/aromatic N) is 4. The lowest BCUT2D eigenvalue weighted by molar-refractivity contribution is 0.287. The minimum Gasteiger partial charge on any atom is -0.370 e. The van der Waals surface area contributed by atoms with Crippen molar-refractivity contribution >= 4 is 16.7 Å². The molecule has 0 bridgehead atoms. The summed E-state index contributed by atoms with van der Waals surface area (Å²) in [7, 11) is 0. The molecule has 0 unspecified atom stereocenters. The number of H-pyrrole nitrogens is 1. The van der Waals surface area contributed by atoms with E-state index in [2.05, 4.69) is 39.9 Å². The third kappa shape index (κ3) is 5.03. The van der Waals surface area contributed by atoms with Crippen LogP contribution in [0.3, 0.4) is 0 Å². The van der Waals surface area contributed by atoms with Gasteiger partial charge in [0.25, 0.3) is 5.56 Å². The first kappa shape index (κ1) is 24.5. The minimum atomic E-state index is -0.410. The molecule has 190 valence electrons. The molecular formula is C29H36FN5O. The molecule has 6 nitrogen and oxygen atoms in total. The molecule has 36 heavy (non-hydrogen) atoms. The number of hydrogen-bond donors (Lipinski definition) is 1. The zero-order valence-corrected chi connectivity index (χ0v) is 21.2. The number of imidazole rings is 1. The van der Waals surface area contributed by atoms with E-state index in [-0.39, 0.29) is 5.56 Å². The highest BCUT2D eigenvalue weighted by molar-refractivity contribution is 5.88. The number of rotatable bonds is 9. The van der Waals surface area contributed by atoms with E-state index in [1.807, 2.05) is 34.9 Å². The number of unbranched alkanes of at least 4 members (excludes halogenated alkanes) is 2. The molecule has 1 saturated heterocycles. The Labute approximate surface area is 212 Å². The number of alkyl halides is 1. The van der Waals surface area contributed by atoms with E-state index in [9.17, 15) is 9.18 Å². The Morgan fingerprint density at radius 1 is 0.972 bits per heavy atom. The van der Waals surface area contributed by atoms with Crippen LogP contribution >= 0.6 is 0 Å². The smallest absolute Gasteiger partial charge is 0.260 e. The summed E-state index contributed by atoms with van der Waals surface area (Å²) in [6.07, 6.45) is 5.35. The van der Waals surface area contributed by atoms with Crippen LogP contribution in [0.1, 0.15) is 39.0 Å². The SMILES string of the molecule is CCCCCN1CCCN(c2ccc3c(c2)nc(-c2c4cccccc-4[nH]c2=O)n3CCCF)CC1. The van der Waals surface area contributed by atoms with Gasteiger partial charge in [-0.05, 0) is 56.6 Å². The maximum absolute atomic E-state index is 13.2. The highest BCUT2D eigenvalue weighted by Crippen LogP contribution is 2.33. The summed E-state index contributed by atoms with van der Waals surface area (Å²) in [6, 6.07) is 16.0. The van der Waals surface area contributed by atoms with Crippen LogP contribution in [-0.4, -0.2) is 58.8 Å². The van der Waals surface area contributed by atoms with Crippen molar-refractivity contribution < 1.29 is 4.39 Å². The van der Waals surface area contributed by atoms with Crippen molar-refractivity contribution in [2.45, 2.75) is 45.6 Å². The molecule has 1 N–H and O–H groups in total. The van der Waals surface area contributed by atoms with Crippen molar-refractivity contribution in [3.63, 3.8) is 0 Å². The Balaban J connectivity index is 1.48. The fourth-order valence-corrected chi connectivity index (χ4v) is 5.39. The first-order chi connectivity index (χ1) is 17.7. The summed E-state index contributed by atoms with van der Waals surface area (Å²) in [5.41, 5.74) is 4.94. The van der Waals surface area contributed by atoms with Crippen molar-refractivity contribution in [2.24, 2.45) is 0 Å². The molecule has 0 amide bonds. The Morgan fingerprint density at radius 2 is 1.86 bits per heavy atom. The number of halogens is 1. The molecule has 0 spiro atoms. The lowest BCUT2D eigenvalue weighted by Crippen LogP contribution is -2.31. The van der Waals surface area contributed by atoms with Crippen LogP contribution in [0, 0.1) is 0 Å². The second-order valence-corrected chi connectivity index (χ2v) is 9.76. The van der Waals surface area contributed by atoms with Gasteiger partial charge in [0.2, 0.25) is 0 Å². The Bertz CT molecular complexity index is 1330. The first-order valence-electron chi connectivity index (χ1n) is 13.3. The summed E-state index contributed by atoms with van der Waals surface area (Å²) in [5, 5.41) is 0. The maximum atomic E-state index is 13.2. The third-order valence-electron chi connectivity index (χ3n) is 7.29. The number of nitrogens with one attached hydrogen (secondary N) is 1. The van der Waals surface area contributed by atoms with Gasteiger partial charge in [-0.2, -0.15) is 0 Å². The van der Waals surface area contributed by atoms with Crippen molar-refractivity contribution in [1.29, 1.82) is 0 Å². The number of benzene rings is 1. The number of aromatic amines is 1. The quantitative estimate of drug-likeness (QED) is 0.313. The summed E-state index contributed by atoms with van der Waals surface area (Å²) in [4.78, 5) is 26.0. The molecular weight excluding hydrogens is 453 g/mol. The molecule has 5 rings (SSSR count). The molecule has 3 heterocycles. The largest absolute Gasteiger partial charge is 0.370 e. The van der Waals surface area contributed by atoms with E-state index < -0.39 is 6.67 Å². The molecule has 2 aromatic rings. The number of aromatic nitrogens is 3. The summed E-state index contributed by atoms with van der Waals surface area (Å²) in [5.74, 6) is 0.607. The van der Waals surface area contributed by atoms with E-state index in [0.29, 0.717) is 24.4 Å². The number of anilines is 1. The van der Waals surface area contributed by atoms with Gasteiger partial charge in [-0.3, -0.25) is 9.18 Å². The number of fused-ring (bicyclic) bond motifs is 2. The van der Waals surface area contributed by atoms with Crippen LogP contribution in [0.5, 0.6) is 0 Å². The summed E-state index contributed by atoms with van der Waals surface area (Å²) >= 11 is 0. The van der Waals surface area contributed by atoms with Gasteiger partial charge in [0.1, 0.15) is 5.82 Å². The highest BCUT2D eigenvalue weighted by atomic mass is 19.1. The van der Waals surface area contributed by atoms with Crippen LogP contribution in [0.25, 0.3) is 33.7 Å². The number of aryl methyl sites for hydroxylation is 1. The number of hydrogen-bond acceptors (Lipinski definition) is 4. The summed E-state index contributed by atoms with van der Waals surface area (Å²) < 4.78 is 15.2. The zero-order valence-electron chi connectivity index (χ0n) is 21.2. The molecule has 0 atom stereocenters. The van der Waals surface area contributed by atoms with Crippen LogP contribution in [0.2, 0.25) is 0 Å². The second kappa shape index (κ2) is 11.2. The van der Waals surface area contributed by atoms with E-state index in [1.54, 1.807) is 0 Å². The van der Waals surface area contributed by atoms with E-state index >= 15 is 0 Å². The molecule has 1 aromatic heterocycles. The highest BCUT2D eigenvalue weighted by Gasteiger charge is 2.23. The maximum Gasteiger partial charge on any atom is 0.260 e. The summed E-state index contributed by atoms with van der Waals surface area (Å²) in [6.45, 7) is 7.74. The molecule has 7 heteroatoms. The molecule has 1 aromatic carbocycles. The van der Waals surface area contributed by atoms with Crippen LogP contribution in [0.4, 0.5) is 10.1 Å². The predicted molar refractivity (Wildman–Crippen MR) is 146 cm³/mol. The first-order valence-corrected chi connectivity index (χ1v) is 13.3. The molecule has 3 aliphatic rings. The van der Waals surface area contributed by atoms with Gasteiger partial charge in [-0.25, -0.2) is 4.98 Å². The monoisotopic (exact) mass is 489 g/mol. The fraction of sp³-hybridized carbons (Fsp3) is 0.448. The van der Waals surface area contributed by atoms with Crippen LogP contribution in [-0.2, 0) is 6.54 Å². The van der Waals surface area contributed by atoms with Gasteiger partial charge in [-0.1, -0.05) is 44.0 Å². The van der Waals surface area contributed by atoms with Crippen molar-refractivity contribution in [1.82, 2.24) is 19.4 Å². The van der Waals surface area contributed by atoms with Gasteiger partial charge >= 0.3 is 0 Å². The van der Waals surface area contributed by atoms with E-state index in [4.69, 9.17) is 4.98 Å². The molecule has 2 aliphatic heterocycles. The van der Waals surface area contributed by atoms with Gasteiger partial charge in [0.05, 0.1) is 23.3 Å². The molecule has 1 aliphatic carbocycles. The fourth-order valence-electron chi connectivity index (χ4n) is 5.39. The topological polar surface area (TPSA) is 57.2 Å². The predicted octanol–water partition coefficient (Wildman–Crippen LogP) is 5.56. The van der Waals surface area contributed by atoms with Gasteiger partial charge < -0.3 is 19.4 Å². The normalized spacial score (nSPS) is 15.1. The minimum absolute atomic E-state index is 0.163. The Hall–Kier alpha value is -3.19. The Morgan fingerprint density at radius 3 is 2.72 bits per heavy atom. The lowest BCUT2D eigenvalue weighted by atomic mass is 10.1. The van der Waals surface area contributed by atoms with E-state index in [1.165, 1.54) is 25.8 Å².